The number of nitrogens with zero attached hydrogens (tertiary/aromatic N) is 3. The molecule has 1 aromatic carbocycles. The van der Waals surface area contributed by atoms with E-state index in [4.69, 9.17) is 0 Å². The highest BCUT2D eigenvalue weighted by Gasteiger charge is 2.15. The van der Waals surface area contributed by atoms with E-state index in [9.17, 15) is 4.79 Å². The van der Waals surface area contributed by atoms with Gasteiger partial charge >= 0.3 is 0 Å². The average Bonchev–Trinajstić information content (AvgIpc) is 2.58. The van der Waals surface area contributed by atoms with E-state index in [1.165, 1.54) is 12.8 Å². The highest BCUT2D eigenvalue weighted by molar-refractivity contribution is 5.92. The number of amides is 1. The molecule has 0 aliphatic heterocycles. The molecule has 128 valence electrons. The van der Waals surface area contributed by atoms with Gasteiger partial charge in [-0.15, -0.1) is 0 Å². The van der Waals surface area contributed by atoms with Crippen LogP contribution in [0.2, 0.25) is 0 Å². The van der Waals surface area contributed by atoms with Crippen LogP contribution in [-0.2, 0) is 6.54 Å². The molecule has 5 heteroatoms. The Kier molecular flexibility index (Phi) is 6.73. The minimum atomic E-state index is -0.0963. The predicted octanol–water partition coefficient (Wildman–Crippen LogP) is 3.66. The zero-order valence-electron chi connectivity index (χ0n) is 14.7. The molecule has 0 fully saturated rings. The van der Waals surface area contributed by atoms with Gasteiger partial charge in [0, 0.05) is 26.2 Å². The number of anilines is 1. The number of hydrogen-bond acceptors (Lipinski definition) is 4. The minimum Gasteiger partial charge on any atom is -0.370 e. The highest BCUT2D eigenvalue weighted by Crippen LogP contribution is 2.11. The Bertz CT molecular complexity index is 658. The van der Waals surface area contributed by atoms with Crippen molar-refractivity contribution in [3.05, 3.63) is 53.5 Å². The van der Waals surface area contributed by atoms with Gasteiger partial charge in [-0.3, -0.25) is 4.79 Å². The number of aryl methyl sites for hydroxylation is 1. The van der Waals surface area contributed by atoms with Gasteiger partial charge in [0.05, 0.1) is 0 Å². The van der Waals surface area contributed by atoms with E-state index in [-0.39, 0.29) is 5.91 Å². The third kappa shape index (κ3) is 5.33. The maximum atomic E-state index is 12.6. The van der Waals surface area contributed by atoms with Gasteiger partial charge in [0.1, 0.15) is 17.3 Å². The number of rotatable bonds is 8. The fourth-order valence-corrected chi connectivity index (χ4v) is 2.48. The molecule has 0 aliphatic carbocycles. The Morgan fingerprint density at radius 2 is 1.92 bits per heavy atom. The average molecular weight is 326 g/mol. The van der Waals surface area contributed by atoms with Gasteiger partial charge in [0.25, 0.3) is 5.91 Å². The van der Waals surface area contributed by atoms with Gasteiger partial charge in [-0.05, 0) is 18.9 Å². The van der Waals surface area contributed by atoms with Crippen molar-refractivity contribution in [2.45, 2.75) is 39.7 Å². The fourth-order valence-electron chi connectivity index (χ4n) is 2.48. The van der Waals surface area contributed by atoms with Crippen LogP contribution in [0.25, 0.3) is 0 Å². The standard InChI is InChI=1S/C19H26N4O/c1-4-5-9-12-20-18-13-17(21-15(2)22-18)19(24)23(3)14-16-10-7-6-8-11-16/h6-8,10-11,13H,4-5,9,12,14H2,1-3H3,(H,20,21,22). The van der Waals surface area contributed by atoms with Crippen LogP contribution in [0.3, 0.4) is 0 Å². The number of hydrogen-bond donors (Lipinski definition) is 1. The summed E-state index contributed by atoms with van der Waals surface area (Å²) < 4.78 is 0. The van der Waals surface area contributed by atoms with Crippen LogP contribution in [0.15, 0.2) is 36.4 Å². The SMILES string of the molecule is CCCCCNc1cc(C(=O)N(C)Cc2ccccc2)nc(C)n1. The minimum absolute atomic E-state index is 0.0963. The third-order valence-electron chi connectivity index (χ3n) is 3.75. The molecule has 0 radical (unpaired) electrons. The Morgan fingerprint density at radius 1 is 1.17 bits per heavy atom. The van der Waals surface area contributed by atoms with Gasteiger partial charge in [0.15, 0.2) is 0 Å². The van der Waals surface area contributed by atoms with Crippen LogP contribution in [0.4, 0.5) is 5.82 Å². The first-order valence-electron chi connectivity index (χ1n) is 8.49. The molecule has 1 aromatic heterocycles. The quantitative estimate of drug-likeness (QED) is 0.752. The molecule has 0 unspecified atom stereocenters. The number of carbonyl (C=O) groups excluding carboxylic acids is 1. The highest BCUT2D eigenvalue weighted by atomic mass is 16.2. The fraction of sp³-hybridized carbons (Fsp3) is 0.421. The van der Waals surface area contributed by atoms with E-state index in [1.807, 2.05) is 37.3 Å². The molecule has 0 aliphatic rings. The van der Waals surface area contributed by atoms with Crippen molar-refractivity contribution < 1.29 is 4.79 Å². The van der Waals surface area contributed by atoms with Gasteiger partial charge < -0.3 is 10.2 Å². The number of unbranched alkanes of at least 4 members (excludes halogenated alkanes) is 2. The maximum absolute atomic E-state index is 12.6. The summed E-state index contributed by atoms with van der Waals surface area (Å²) in [4.78, 5) is 23.0. The second-order valence-corrected chi connectivity index (χ2v) is 5.97. The summed E-state index contributed by atoms with van der Waals surface area (Å²) in [7, 11) is 1.79. The first kappa shape index (κ1) is 17.9. The number of carbonyl (C=O) groups is 1. The number of aromatic nitrogens is 2. The smallest absolute Gasteiger partial charge is 0.272 e. The second kappa shape index (κ2) is 9.01. The van der Waals surface area contributed by atoms with Crippen LogP contribution in [0, 0.1) is 6.92 Å². The summed E-state index contributed by atoms with van der Waals surface area (Å²) in [5.41, 5.74) is 1.52. The Labute approximate surface area is 144 Å². The summed E-state index contributed by atoms with van der Waals surface area (Å²) in [5.74, 6) is 1.22. The molecule has 24 heavy (non-hydrogen) atoms. The molecule has 1 N–H and O–H groups in total. The van der Waals surface area contributed by atoms with E-state index < -0.39 is 0 Å². The van der Waals surface area contributed by atoms with Crippen molar-refractivity contribution in [2.24, 2.45) is 0 Å². The Hall–Kier alpha value is -2.43. The van der Waals surface area contributed by atoms with E-state index in [1.54, 1.807) is 18.0 Å². The number of nitrogens with one attached hydrogen (secondary N) is 1. The summed E-state index contributed by atoms with van der Waals surface area (Å²) in [6.45, 7) is 5.40. The molecule has 1 amide bonds. The lowest BCUT2D eigenvalue weighted by atomic mass is 10.2. The molecular formula is C19H26N4O. The van der Waals surface area contributed by atoms with Crippen LogP contribution < -0.4 is 5.32 Å². The van der Waals surface area contributed by atoms with Crippen LogP contribution >= 0.6 is 0 Å². The summed E-state index contributed by atoms with van der Waals surface area (Å²) in [6, 6.07) is 11.7. The van der Waals surface area contributed by atoms with Gasteiger partial charge in [-0.2, -0.15) is 0 Å². The molecule has 0 spiro atoms. The van der Waals surface area contributed by atoms with Gasteiger partial charge in [-0.25, -0.2) is 9.97 Å². The molecule has 2 aromatic rings. The van der Waals surface area contributed by atoms with E-state index in [2.05, 4.69) is 22.2 Å². The van der Waals surface area contributed by atoms with Crippen molar-refractivity contribution in [2.75, 3.05) is 18.9 Å². The Morgan fingerprint density at radius 3 is 2.62 bits per heavy atom. The molecule has 0 atom stereocenters. The number of benzene rings is 1. The lowest BCUT2D eigenvalue weighted by Gasteiger charge is -2.17. The van der Waals surface area contributed by atoms with Crippen LogP contribution in [0.5, 0.6) is 0 Å². The Balaban J connectivity index is 2.03. The predicted molar refractivity (Wildman–Crippen MR) is 97.0 cm³/mol. The van der Waals surface area contributed by atoms with Crippen molar-refractivity contribution in [3.8, 4) is 0 Å². The lowest BCUT2D eigenvalue weighted by Crippen LogP contribution is -2.27. The van der Waals surface area contributed by atoms with Gasteiger partial charge in [0.2, 0.25) is 0 Å². The zero-order valence-corrected chi connectivity index (χ0v) is 14.7. The van der Waals surface area contributed by atoms with Crippen LogP contribution in [-0.4, -0.2) is 34.4 Å². The zero-order chi connectivity index (χ0) is 17.4. The molecule has 0 saturated heterocycles. The van der Waals surface area contributed by atoms with E-state index in [0.29, 0.717) is 18.1 Å². The van der Waals surface area contributed by atoms with Crippen LogP contribution in [0.1, 0.15) is 48.1 Å². The molecule has 5 nitrogen and oxygen atoms in total. The maximum Gasteiger partial charge on any atom is 0.272 e. The summed E-state index contributed by atoms with van der Waals surface area (Å²) in [6.07, 6.45) is 3.46. The molecule has 0 bridgehead atoms. The van der Waals surface area contributed by atoms with Crippen molar-refractivity contribution >= 4 is 11.7 Å². The molecule has 1 heterocycles. The summed E-state index contributed by atoms with van der Waals surface area (Å²) >= 11 is 0. The van der Waals surface area contributed by atoms with Crippen molar-refractivity contribution in [3.63, 3.8) is 0 Å². The monoisotopic (exact) mass is 326 g/mol. The largest absolute Gasteiger partial charge is 0.370 e. The molecule has 2 rings (SSSR count). The topological polar surface area (TPSA) is 58.1 Å². The first-order valence-corrected chi connectivity index (χ1v) is 8.49. The van der Waals surface area contributed by atoms with Gasteiger partial charge in [-0.1, -0.05) is 50.1 Å². The normalized spacial score (nSPS) is 10.5. The van der Waals surface area contributed by atoms with E-state index >= 15 is 0 Å². The van der Waals surface area contributed by atoms with Crippen molar-refractivity contribution in [1.29, 1.82) is 0 Å². The third-order valence-corrected chi connectivity index (χ3v) is 3.75. The molecular weight excluding hydrogens is 300 g/mol. The lowest BCUT2D eigenvalue weighted by molar-refractivity contribution is 0.0779. The molecule has 0 saturated carbocycles. The summed E-state index contributed by atoms with van der Waals surface area (Å²) in [5, 5.41) is 3.28. The second-order valence-electron chi connectivity index (χ2n) is 5.97. The van der Waals surface area contributed by atoms with E-state index in [0.717, 1.165) is 24.3 Å². The van der Waals surface area contributed by atoms with Crippen molar-refractivity contribution in [1.82, 2.24) is 14.9 Å². The first-order chi connectivity index (χ1) is 11.6.